The third kappa shape index (κ3) is 5.18. The van der Waals surface area contributed by atoms with E-state index < -0.39 is 10.0 Å². The first-order valence-electron chi connectivity index (χ1n) is 11.1. The molecule has 0 unspecified atom stereocenters. The summed E-state index contributed by atoms with van der Waals surface area (Å²) < 4.78 is 37.2. The van der Waals surface area contributed by atoms with Crippen LogP contribution in [0.1, 0.15) is 48.9 Å². The van der Waals surface area contributed by atoms with Gasteiger partial charge in [-0.25, -0.2) is 8.42 Å². The van der Waals surface area contributed by atoms with Crippen LogP contribution in [0.4, 0.5) is 5.69 Å². The van der Waals surface area contributed by atoms with Crippen molar-refractivity contribution < 1.29 is 22.7 Å². The Bertz CT molecular complexity index is 1100. The molecule has 0 aromatic heterocycles. The number of rotatable bonds is 8. The van der Waals surface area contributed by atoms with Crippen LogP contribution in [-0.2, 0) is 27.7 Å². The molecule has 0 saturated carbocycles. The normalized spacial score (nSPS) is 15.7. The number of carbonyl (C=O) groups is 1. The Morgan fingerprint density at radius 1 is 1.06 bits per heavy atom. The highest BCUT2D eigenvalue weighted by molar-refractivity contribution is 7.92. The molecule has 2 aliphatic rings. The molecule has 0 radical (unpaired) electrons. The van der Waals surface area contributed by atoms with Crippen LogP contribution in [0.25, 0.3) is 0 Å². The van der Waals surface area contributed by atoms with Crippen molar-refractivity contribution >= 4 is 21.6 Å². The van der Waals surface area contributed by atoms with E-state index in [4.69, 9.17) is 9.47 Å². The average Bonchev–Trinajstić information content (AvgIpc) is 3.23. The van der Waals surface area contributed by atoms with Gasteiger partial charge in [0.2, 0.25) is 15.9 Å². The molecule has 1 N–H and O–H groups in total. The highest BCUT2D eigenvalue weighted by atomic mass is 32.2. The fourth-order valence-electron chi connectivity index (χ4n) is 4.31. The molecular weight excluding hydrogens is 428 g/mol. The molecule has 172 valence electrons. The number of anilines is 1. The number of nitrogens with zero attached hydrogens (tertiary/aromatic N) is 1. The van der Waals surface area contributed by atoms with Gasteiger partial charge < -0.3 is 14.8 Å². The predicted octanol–water partition coefficient (Wildman–Crippen LogP) is 3.37. The average molecular weight is 459 g/mol. The van der Waals surface area contributed by atoms with Crippen molar-refractivity contribution in [2.24, 2.45) is 0 Å². The van der Waals surface area contributed by atoms with E-state index in [1.165, 1.54) is 28.1 Å². The van der Waals surface area contributed by atoms with Crippen molar-refractivity contribution in [2.75, 3.05) is 30.3 Å². The number of amides is 1. The molecule has 0 bridgehead atoms. The number of benzene rings is 2. The lowest BCUT2D eigenvalue weighted by Gasteiger charge is -2.25. The first-order valence-corrected chi connectivity index (χ1v) is 12.9. The zero-order chi connectivity index (χ0) is 22.7. The summed E-state index contributed by atoms with van der Waals surface area (Å²) in [6.45, 7) is 3.09. The van der Waals surface area contributed by atoms with Gasteiger partial charge in [0, 0.05) is 19.0 Å². The number of aryl methyl sites for hydroxylation is 2. The van der Waals surface area contributed by atoms with Gasteiger partial charge in [-0.2, -0.15) is 0 Å². The first-order chi connectivity index (χ1) is 15.3. The van der Waals surface area contributed by atoms with Crippen molar-refractivity contribution in [3.63, 3.8) is 0 Å². The van der Waals surface area contributed by atoms with Gasteiger partial charge in [-0.3, -0.25) is 9.10 Å². The molecular formula is C24H30N2O5S. The zero-order valence-electron chi connectivity index (χ0n) is 18.6. The molecule has 8 heteroatoms. The Morgan fingerprint density at radius 2 is 1.81 bits per heavy atom. The number of hydrogen-bond donors (Lipinski definition) is 1. The summed E-state index contributed by atoms with van der Waals surface area (Å²) in [5.41, 5.74) is 4.40. The van der Waals surface area contributed by atoms with E-state index in [1.807, 2.05) is 6.92 Å². The quantitative estimate of drug-likeness (QED) is 0.656. The summed E-state index contributed by atoms with van der Waals surface area (Å²) in [5, 5.41) is 3.04. The van der Waals surface area contributed by atoms with E-state index in [0.717, 1.165) is 18.4 Å². The Balaban J connectivity index is 1.34. The SMILES string of the molecule is C[C@@H](NC(=O)CCCN(c1ccc2c(c1)OCCO2)S(C)(=O)=O)c1ccc2c(c1)CCC2. The molecule has 32 heavy (non-hydrogen) atoms. The van der Waals surface area contributed by atoms with Crippen LogP contribution in [0, 0.1) is 0 Å². The maximum Gasteiger partial charge on any atom is 0.232 e. The van der Waals surface area contributed by atoms with Crippen LogP contribution in [0.15, 0.2) is 36.4 Å². The molecule has 1 aliphatic heterocycles. The minimum absolute atomic E-state index is 0.0859. The first kappa shape index (κ1) is 22.5. The molecule has 1 aliphatic carbocycles. The highest BCUT2D eigenvalue weighted by Gasteiger charge is 2.21. The number of sulfonamides is 1. The van der Waals surface area contributed by atoms with Gasteiger partial charge in [-0.15, -0.1) is 0 Å². The largest absolute Gasteiger partial charge is 0.486 e. The van der Waals surface area contributed by atoms with Crippen LogP contribution >= 0.6 is 0 Å². The lowest BCUT2D eigenvalue weighted by Crippen LogP contribution is -2.32. The Kier molecular flexibility index (Phi) is 6.60. The third-order valence-corrected chi connectivity index (χ3v) is 7.17. The molecule has 0 fully saturated rings. The van der Waals surface area contributed by atoms with Gasteiger partial charge >= 0.3 is 0 Å². The molecule has 1 amide bonds. The van der Waals surface area contributed by atoms with Crippen molar-refractivity contribution in [1.82, 2.24) is 5.32 Å². The topological polar surface area (TPSA) is 84.9 Å². The van der Waals surface area contributed by atoms with Gasteiger partial charge in [-0.1, -0.05) is 18.2 Å². The molecule has 4 rings (SSSR count). The Hall–Kier alpha value is -2.74. The summed E-state index contributed by atoms with van der Waals surface area (Å²) >= 11 is 0. The van der Waals surface area contributed by atoms with Crippen LogP contribution in [-0.4, -0.2) is 40.3 Å². The molecule has 2 aromatic rings. The van der Waals surface area contributed by atoms with E-state index in [9.17, 15) is 13.2 Å². The second-order valence-electron chi connectivity index (χ2n) is 8.44. The second-order valence-corrected chi connectivity index (χ2v) is 10.3. The van der Waals surface area contributed by atoms with E-state index in [0.29, 0.717) is 36.8 Å². The van der Waals surface area contributed by atoms with Gasteiger partial charge in [0.25, 0.3) is 0 Å². The lowest BCUT2D eigenvalue weighted by atomic mass is 10.0. The fraction of sp³-hybridized carbons (Fsp3) is 0.458. The molecule has 0 spiro atoms. The minimum Gasteiger partial charge on any atom is -0.486 e. The van der Waals surface area contributed by atoms with Gasteiger partial charge in [0.1, 0.15) is 13.2 Å². The van der Waals surface area contributed by atoms with Crippen molar-refractivity contribution in [3.8, 4) is 11.5 Å². The molecule has 1 atom stereocenters. The summed E-state index contributed by atoms with van der Waals surface area (Å²) in [6, 6.07) is 11.4. The lowest BCUT2D eigenvalue weighted by molar-refractivity contribution is -0.121. The van der Waals surface area contributed by atoms with Gasteiger partial charge in [0.05, 0.1) is 18.0 Å². The van der Waals surface area contributed by atoms with E-state index in [-0.39, 0.29) is 24.9 Å². The fourth-order valence-corrected chi connectivity index (χ4v) is 5.27. The molecule has 0 saturated heterocycles. The van der Waals surface area contributed by atoms with Crippen LogP contribution in [0.2, 0.25) is 0 Å². The van der Waals surface area contributed by atoms with Gasteiger partial charge in [-0.05, 0) is 61.4 Å². The summed E-state index contributed by atoms with van der Waals surface area (Å²) in [6.07, 6.45) is 5.25. The number of nitrogens with one attached hydrogen (secondary N) is 1. The Morgan fingerprint density at radius 3 is 2.59 bits per heavy atom. The highest BCUT2D eigenvalue weighted by Crippen LogP contribution is 2.34. The van der Waals surface area contributed by atoms with Crippen LogP contribution in [0.3, 0.4) is 0 Å². The number of ether oxygens (including phenoxy) is 2. The number of fused-ring (bicyclic) bond motifs is 2. The summed E-state index contributed by atoms with van der Waals surface area (Å²) in [4.78, 5) is 12.5. The molecule has 1 heterocycles. The number of carbonyl (C=O) groups excluding carboxylic acids is 1. The standard InChI is InChI=1S/C24H30N2O5S/c1-17(19-9-8-18-5-3-6-20(18)15-19)25-24(27)7-4-12-26(32(2,28)29)21-10-11-22-23(16-21)31-14-13-30-22/h8-11,15-17H,3-7,12-14H2,1-2H3,(H,25,27)/t17-/m1/s1. The zero-order valence-corrected chi connectivity index (χ0v) is 19.4. The van der Waals surface area contributed by atoms with E-state index in [2.05, 4.69) is 23.5 Å². The van der Waals surface area contributed by atoms with Crippen molar-refractivity contribution in [1.29, 1.82) is 0 Å². The second kappa shape index (κ2) is 9.40. The van der Waals surface area contributed by atoms with Crippen LogP contribution in [0.5, 0.6) is 11.5 Å². The maximum atomic E-state index is 12.5. The monoisotopic (exact) mass is 458 g/mol. The third-order valence-electron chi connectivity index (χ3n) is 5.98. The predicted molar refractivity (Wildman–Crippen MR) is 124 cm³/mol. The molecule has 7 nitrogen and oxygen atoms in total. The van der Waals surface area contributed by atoms with Crippen molar-refractivity contribution in [2.45, 2.75) is 45.1 Å². The van der Waals surface area contributed by atoms with E-state index >= 15 is 0 Å². The van der Waals surface area contributed by atoms with Crippen molar-refractivity contribution in [3.05, 3.63) is 53.1 Å². The smallest absolute Gasteiger partial charge is 0.232 e. The molecule has 2 aromatic carbocycles. The van der Waals surface area contributed by atoms with Crippen LogP contribution < -0.4 is 19.1 Å². The number of hydrogen-bond acceptors (Lipinski definition) is 5. The Labute approximate surface area is 189 Å². The summed E-state index contributed by atoms with van der Waals surface area (Å²) in [7, 11) is -3.51. The van der Waals surface area contributed by atoms with E-state index in [1.54, 1.807) is 18.2 Å². The summed E-state index contributed by atoms with van der Waals surface area (Å²) in [5.74, 6) is 1.05. The maximum absolute atomic E-state index is 12.5. The minimum atomic E-state index is -3.51. The van der Waals surface area contributed by atoms with Gasteiger partial charge in [0.15, 0.2) is 11.5 Å².